The number of hydrogen-bond acceptors (Lipinski definition) is 5. The second kappa shape index (κ2) is 10.0. The van der Waals surface area contributed by atoms with Crippen LogP contribution in [0.25, 0.3) is 0 Å². The fraction of sp³-hybridized carbons (Fsp3) is 0.500. The van der Waals surface area contributed by atoms with E-state index in [4.69, 9.17) is 0 Å². The summed E-state index contributed by atoms with van der Waals surface area (Å²) in [5, 5.41) is 12.8. The normalized spacial score (nSPS) is 25.1. The van der Waals surface area contributed by atoms with Gasteiger partial charge < -0.3 is 15.3 Å². The first-order valence-electron chi connectivity index (χ1n) is 10.8. The van der Waals surface area contributed by atoms with Gasteiger partial charge in [0.2, 0.25) is 11.8 Å². The monoisotopic (exact) mass is 424 g/mol. The van der Waals surface area contributed by atoms with Crippen LogP contribution in [-0.2, 0) is 16.0 Å². The van der Waals surface area contributed by atoms with Crippen LogP contribution in [0.2, 0.25) is 0 Å². The topological polar surface area (TPSA) is 94.4 Å². The minimum atomic E-state index is -0.637. The molecular weight excluding hydrogens is 392 g/mol. The van der Waals surface area contributed by atoms with Gasteiger partial charge in [-0.15, -0.1) is 0 Å². The van der Waals surface area contributed by atoms with Crippen molar-refractivity contribution in [1.29, 1.82) is 0 Å². The van der Waals surface area contributed by atoms with Crippen molar-refractivity contribution in [1.82, 2.24) is 10.2 Å². The van der Waals surface area contributed by atoms with Gasteiger partial charge in [-0.2, -0.15) is 0 Å². The molecule has 3 rings (SSSR count). The van der Waals surface area contributed by atoms with Gasteiger partial charge in [0.25, 0.3) is 0 Å². The van der Waals surface area contributed by atoms with Crippen LogP contribution in [0, 0.1) is 17.3 Å². The first kappa shape index (κ1) is 22.9. The summed E-state index contributed by atoms with van der Waals surface area (Å²) >= 11 is 0. The molecule has 0 radical (unpaired) electrons. The average Bonchev–Trinajstić information content (AvgIpc) is 3.55. The molecule has 7 nitrogen and oxygen atoms in total. The van der Waals surface area contributed by atoms with Crippen molar-refractivity contribution in [3.63, 3.8) is 0 Å². The van der Waals surface area contributed by atoms with Crippen molar-refractivity contribution >= 4 is 24.7 Å². The van der Waals surface area contributed by atoms with E-state index in [9.17, 15) is 14.7 Å². The minimum Gasteiger partial charge on any atom is -0.396 e. The van der Waals surface area contributed by atoms with Crippen LogP contribution in [0.15, 0.2) is 52.1 Å². The predicted molar refractivity (Wildman–Crippen MR) is 122 cm³/mol. The van der Waals surface area contributed by atoms with E-state index >= 15 is 0 Å². The third-order valence-electron chi connectivity index (χ3n) is 6.30. The molecule has 1 aromatic rings. The standard InChI is InChI=1S/C24H32N4O3/c1-17(11-12-26-18(2)27-22(30)13-19-7-5-4-6-8-19)28-14-21(15-29)24(16-25-3,23(28)31)20-9-10-20/h4-8,11-12,18,20-21,29H,3,9-10,13-16H2,1-2H3,(H,27,30)/b17-11+,26-12-. The van der Waals surface area contributed by atoms with Gasteiger partial charge in [-0.1, -0.05) is 30.3 Å². The van der Waals surface area contributed by atoms with Gasteiger partial charge >= 0.3 is 0 Å². The molecule has 7 heteroatoms. The van der Waals surface area contributed by atoms with Crippen LogP contribution < -0.4 is 5.32 Å². The van der Waals surface area contributed by atoms with Gasteiger partial charge in [-0.25, -0.2) is 0 Å². The van der Waals surface area contributed by atoms with E-state index in [1.54, 1.807) is 24.1 Å². The number of aliphatic hydroxyl groups is 1. The van der Waals surface area contributed by atoms with Gasteiger partial charge in [0, 0.05) is 31.0 Å². The van der Waals surface area contributed by atoms with E-state index in [1.807, 2.05) is 37.3 Å². The molecule has 3 unspecified atom stereocenters. The Morgan fingerprint density at radius 2 is 2.10 bits per heavy atom. The molecule has 1 aliphatic heterocycles. The molecule has 0 bridgehead atoms. The zero-order chi connectivity index (χ0) is 22.4. The summed E-state index contributed by atoms with van der Waals surface area (Å²) in [5.41, 5.74) is 1.08. The fourth-order valence-corrected chi connectivity index (χ4v) is 4.51. The maximum atomic E-state index is 13.3. The molecule has 1 saturated carbocycles. The van der Waals surface area contributed by atoms with Crippen molar-refractivity contribution in [2.45, 2.75) is 39.3 Å². The van der Waals surface area contributed by atoms with Crippen LogP contribution in [0.4, 0.5) is 0 Å². The number of allylic oxidation sites excluding steroid dienone is 2. The highest BCUT2D eigenvalue weighted by Gasteiger charge is 2.61. The third kappa shape index (κ3) is 5.10. The van der Waals surface area contributed by atoms with Gasteiger partial charge in [-0.3, -0.25) is 19.6 Å². The molecule has 1 aliphatic carbocycles. The highest BCUT2D eigenvalue weighted by atomic mass is 16.3. The van der Waals surface area contributed by atoms with Gasteiger partial charge in [-0.05, 0) is 51.0 Å². The summed E-state index contributed by atoms with van der Waals surface area (Å²) in [7, 11) is 0. The highest BCUT2D eigenvalue weighted by Crippen LogP contribution is 2.54. The summed E-state index contributed by atoms with van der Waals surface area (Å²) in [5.74, 6) is 0.0551. The van der Waals surface area contributed by atoms with Crippen molar-refractivity contribution in [2.75, 3.05) is 19.7 Å². The molecule has 0 spiro atoms. The van der Waals surface area contributed by atoms with Gasteiger partial charge in [0.1, 0.15) is 6.17 Å². The Morgan fingerprint density at radius 3 is 2.71 bits per heavy atom. The molecule has 1 aromatic carbocycles. The van der Waals surface area contributed by atoms with E-state index in [1.165, 1.54) is 0 Å². The molecule has 2 N–H and O–H groups in total. The Bertz CT molecular complexity index is 863. The number of carbonyl (C=O) groups excluding carboxylic acids is 2. The molecule has 2 aliphatic rings. The predicted octanol–water partition coefficient (Wildman–Crippen LogP) is 2.21. The largest absolute Gasteiger partial charge is 0.396 e. The Balaban J connectivity index is 1.60. The van der Waals surface area contributed by atoms with Crippen molar-refractivity contribution in [3.05, 3.63) is 47.7 Å². The maximum Gasteiger partial charge on any atom is 0.235 e. The van der Waals surface area contributed by atoms with Gasteiger partial charge in [0.05, 0.1) is 18.4 Å². The van der Waals surface area contributed by atoms with E-state index in [0.717, 1.165) is 24.1 Å². The fourth-order valence-electron chi connectivity index (χ4n) is 4.51. The zero-order valence-corrected chi connectivity index (χ0v) is 18.3. The van der Waals surface area contributed by atoms with Crippen molar-refractivity contribution < 1.29 is 14.7 Å². The summed E-state index contributed by atoms with van der Waals surface area (Å²) in [4.78, 5) is 35.6. The number of rotatable bonds is 10. The SMILES string of the molecule is C=NCC1(C2CC2)C(=O)N(/C(C)=C/C=N\C(C)NC(=O)Cc2ccccc2)CC1CO. The number of aliphatic hydroxyl groups excluding tert-OH is 1. The molecular formula is C24H32N4O3. The second-order valence-corrected chi connectivity index (χ2v) is 8.50. The van der Waals surface area contributed by atoms with Crippen LogP contribution in [0.1, 0.15) is 32.3 Å². The van der Waals surface area contributed by atoms with E-state index in [2.05, 4.69) is 22.0 Å². The summed E-state index contributed by atoms with van der Waals surface area (Å²) < 4.78 is 0. The molecule has 1 heterocycles. The quantitative estimate of drug-likeness (QED) is 0.564. The average molecular weight is 425 g/mol. The molecule has 3 atom stereocenters. The summed E-state index contributed by atoms with van der Waals surface area (Å²) in [6.45, 7) is 8.05. The Labute approximate surface area is 184 Å². The summed E-state index contributed by atoms with van der Waals surface area (Å²) in [6.07, 6.45) is 5.31. The highest BCUT2D eigenvalue weighted by molar-refractivity contribution is 5.89. The molecule has 1 saturated heterocycles. The number of amides is 2. The first-order valence-corrected chi connectivity index (χ1v) is 10.8. The smallest absolute Gasteiger partial charge is 0.235 e. The number of aliphatic imine (C=N–C) groups is 2. The number of hydrogen-bond donors (Lipinski definition) is 2. The van der Waals surface area contributed by atoms with Crippen LogP contribution >= 0.6 is 0 Å². The Kier molecular flexibility index (Phi) is 7.38. The number of benzene rings is 1. The molecule has 0 aromatic heterocycles. The number of nitrogens with zero attached hydrogens (tertiary/aromatic N) is 3. The lowest BCUT2D eigenvalue weighted by Gasteiger charge is -2.30. The molecule has 2 amide bonds. The number of carbonyl (C=O) groups is 2. The lowest BCUT2D eigenvalue weighted by Crippen LogP contribution is -2.42. The van der Waals surface area contributed by atoms with E-state index < -0.39 is 5.41 Å². The zero-order valence-electron chi connectivity index (χ0n) is 18.3. The first-order chi connectivity index (χ1) is 14.9. The Morgan fingerprint density at radius 1 is 1.39 bits per heavy atom. The van der Waals surface area contributed by atoms with Crippen LogP contribution in [0.3, 0.4) is 0 Å². The lowest BCUT2D eigenvalue weighted by atomic mass is 9.73. The van der Waals surface area contributed by atoms with E-state index in [-0.39, 0.29) is 36.4 Å². The van der Waals surface area contributed by atoms with Crippen LogP contribution in [0.5, 0.6) is 0 Å². The van der Waals surface area contributed by atoms with Crippen molar-refractivity contribution in [3.8, 4) is 0 Å². The number of nitrogens with one attached hydrogen (secondary N) is 1. The summed E-state index contributed by atoms with van der Waals surface area (Å²) in [6, 6.07) is 9.55. The van der Waals surface area contributed by atoms with Crippen molar-refractivity contribution in [2.24, 2.45) is 27.2 Å². The second-order valence-electron chi connectivity index (χ2n) is 8.50. The molecule has 31 heavy (non-hydrogen) atoms. The van der Waals surface area contributed by atoms with Crippen LogP contribution in [-0.4, -0.2) is 60.6 Å². The van der Waals surface area contributed by atoms with Gasteiger partial charge in [0.15, 0.2) is 0 Å². The lowest BCUT2D eigenvalue weighted by molar-refractivity contribution is -0.136. The molecule has 2 fully saturated rings. The molecule has 166 valence electrons. The maximum absolute atomic E-state index is 13.3. The minimum absolute atomic E-state index is 0.0211. The Hall–Kier alpha value is -2.80. The number of likely N-dealkylation sites (tertiary alicyclic amines) is 1. The van der Waals surface area contributed by atoms with E-state index in [0.29, 0.717) is 19.5 Å². The third-order valence-corrected chi connectivity index (χ3v) is 6.30.